The van der Waals surface area contributed by atoms with Crippen LogP contribution in [0.5, 0.6) is 0 Å². The van der Waals surface area contributed by atoms with Gasteiger partial charge in [0.1, 0.15) is 6.10 Å². The van der Waals surface area contributed by atoms with Crippen LogP contribution >= 0.6 is 7.82 Å². The zero-order chi connectivity index (χ0) is 20.4. The summed E-state index contributed by atoms with van der Waals surface area (Å²) in [5.74, 6) is -1.24. The fraction of sp³-hybridized carbons (Fsp3) is 0.786. The van der Waals surface area contributed by atoms with Gasteiger partial charge >= 0.3 is 7.82 Å². The Balaban J connectivity index is 4.10. The summed E-state index contributed by atoms with van der Waals surface area (Å²) in [7, 11) is -4.71. The number of nitrogens with one attached hydrogen (secondary N) is 3. The van der Waals surface area contributed by atoms with Crippen molar-refractivity contribution in [2.45, 2.75) is 39.7 Å². The first-order valence-corrected chi connectivity index (χ1v) is 9.61. The first-order chi connectivity index (χ1) is 11.9. The van der Waals surface area contributed by atoms with Crippen molar-refractivity contribution in [3.8, 4) is 0 Å². The molecule has 0 radical (unpaired) electrons. The van der Waals surface area contributed by atoms with Crippen molar-refractivity contribution in [2.24, 2.45) is 5.41 Å². The Hall–Kier alpha value is -1.52. The van der Waals surface area contributed by atoms with E-state index in [1.807, 2.05) is 0 Å². The highest BCUT2D eigenvalue weighted by molar-refractivity contribution is 7.46. The predicted octanol–water partition coefficient (Wildman–Crippen LogP) is -1.37. The highest BCUT2D eigenvalue weighted by Gasteiger charge is 2.35. The third-order valence-electron chi connectivity index (χ3n) is 3.34. The van der Waals surface area contributed by atoms with Crippen molar-refractivity contribution in [3.05, 3.63) is 0 Å². The van der Waals surface area contributed by atoms with Crippen LogP contribution in [-0.4, -0.2) is 65.0 Å². The maximum atomic E-state index is 11.9. The first-order valence-electron chi connectivity index (χ1n) is 8.08. The van der Waals surface area contributed by atoms with Gasteiger partial charge in [0.15, 0.2) is 0 Å². The van der Waals surface area contributed by atoms with Gasteiger partial charge in [0.2, 0.25) is 17.7 Å². The van der Waals surface area contributed by atoms with Crippen LogP contribution in [0.15, 0.2) is 0 Å². The van der Waals surface area contributed by atoms with E-state index in [0.717, 1.165) is 0 Å². The van der Waals surface area contributed by atoms with Crippen LogP contribution in [0, 0.1) is 5.41 Å². The first kappa shape index (κ1) is 24.5. The van der Waals surface area contributed by atoms with Gasteiger partial charge in [-0.2, -0.15) is 0 Å². The number of aliphatic hydroxyl groups excluding tert-OH is 1. The molecule has 0 saturated carbocycles. The lowest BCUT2D eigenvalue weighted by Gasteiger charge is -2.29. The summed E-state index contributed by atoms with van der Waals surface area (Å²) in [4.78, 5) is 51.8. The second kappa shape index (κ2) is 11.2. The molecule has 1 atom stereocenters. The molecular weight excluding hydrogens is 369 g/mol. The fourth-order valence-electron chi connectivity index (χ4n) is 1.70. The number of phosphoric acid groups is 1. The van der Waals surface area contributed by atoms with Gasteiger partial charge in [-0.3, -0.25) is 18.9 Å². The molecule has 0 heterocycles. The summed E-state index contributed by atoms with van der Waals surface area (Å²) < 4.78 is 15.0. The molecule has 0 bridgehead atoms. The van der Waals surface area contributed by atoms with E-state index in [1.54, 1.807) is 6.92 Å². The fourth-order valence-corrected chi connectivity index (χ4v) is 2.20. The van der Waals surface area contributed by atoms with Gasteiger partial charge in [-0.05, 0) is 0 Å². The van der Waals surface area contributed by atoms with Gasteiger partial charge in [-0.25, -0.2) is 4.57 Å². The number of hydrogen-bond donors (Lipinski definition) is 6. The van der Waals surface area contributed by atoms with Gasteiger partial charge in [-0.1, -0.05) is 20.8 Å². The molecule has 0 spiro atoms. The van der Waals surface area contributed by atoms with Crippen LogP contribution in [0.25, 0.3) is 0 Å². The molecule has 11 nitrogen and oxygen atoms in total. The van der Waals surface area contributed by atoms with Crippen molar-refractivity contribution >= 4 is 25.5 Å². The molecule has 6 N–H and O–H groups in total. The van der Waals surface area contributed by atoms with Crippen molar-refractivity contribution in [3.63, 3.8) is 0 Å². The van der Waals surface area contributed by atoms with Crippen LogP contribution in [0.4, 0.5) is 0 Å². The quantitative estimate of drug-likeness (QED) is 0.173. The zero-order valence-corrected chi connectivity index (χ0v) is 16.0. The lowest BCUT2D eigenvalue weighted by atomic mass is 9.87. The van der Waals surface area contributed by atoms with E-state index in [2.05, 4.69) is 20.5 Å². The molecule has 152 valence electrons. The van der Waals surface area contributed by atoms with Crippen LogP contribution in [-0.2, 0) is 23.5 Å². The number of carbonyl (C=O) groups excluding carboxylic acids is 3. The Morgan fingerprint density at radius 3 is 2.08 bits per heavy atom. The molecule has 26 heavy (non-hydrogen) atoms. The van der Waals surface area contributed by atoms with Crippen molar-refractivity contribution < 1.29 is 38.4 Å². The highest BCUT2D eigenvalue weighted by Crippen LogP contribution is 2.38. The number of phosphoric ester groups is 1. The maximum Gasteiger partial charge on any atom is 0.469 e. The molecule has 0 aliphatic heterocycles. The van der Waals surface area contributed by atoms with Crippen molar-refractivity contribution in [2.75, 3.05) is 26.2 Å². The minimum Gasteiger partial charge on any atom is -0.383 e. The van der Waals surface area contributed by atoms with E-state index in [0.29, 0.717) is 13.0 Å². The van der Waals surface area contributed by atoms with Gasteiger partial charge in [-0.15, -0.1) is 0 Å². The third kappa shape index (κ3) is 11.2. The third-order valence-corrected chi connectivity index (χ3v) is 3.80. The van der Waals surface area contributed by atoms with Crippen LogP contribution in [0.2, 0.25) is 0 Å². The molecule has 0 rings (SSSR count). The van der Waals surface area contributed by atoms with E-state index >= 15 is 0 Å². The van der Waals surface area contributed by atoms with E-state index < -0.39 is 31.9 Å². The van der Waals surface area contributed by atoms with E-state index in [-0.39, 0.29) is 31.3 Å². The highest BCUT2D eigenvalue weighted by atomic mass is 31.2. The topological polar surface area (TPSA) is 174 Å². The van der Waals surface area contributed by atoms with Gasteiger partial charge < -0.3 is 30.8 Å². The van der Waals surface area contributed by atoms with Gasteiger partial charge in [0.25, 0.3) is 0 Å². The SMILES string of the molecule is CCC(=O)NCCNC(=O)CCNC(=O)[C@H](O)C(C)(C)COP(=O)(O)O. The summed E-state index contributed by atoms with van der Waals surface area (Å²) >= 11 is 0. The van der Waals surface area contributed by atoms with E-state index in [9.17, 15) is 24.1 Å². The normalized spacial score (nSPS) is 13.0. The number of carbonyl (C=O) groups is 3. The molecule has 0 aliphatic carbocycles. The summed E-state index contributed by atoms with van der Waals surface area (Å²) in [6, 6.07) is 0. The van der Waals surface area contributed by atoms with Crippen LogP contribution in [0.1, 0.15) is 33.6 Å². The smallest absolute Gasteiger partial charge is 0.383 e. The lowest BCUT2D eigenvalue weighted by Crippen LogP contribution is -2.46. The Kier molecular flexibility index (Phi) is 10.6. The Morgan fingerprint density at radius 2 is 1.58 bits per heavy atom. The average Bonchev–Trinajstić information content (AvgIpc) is 2.55. The molecule has 0 saturated heterocycles. The average molecular weight is 397 g/mol. The van der Waals surface area contributed by atoms with Gasteiger partial charge in [0.05, 0.1) is 6.61 Å². The monoisotopic (exact) mass is 397 g/mol. The Labute approximate surface area is 152 Å². The standard InChI is InChI=1S/C14H28N3O8P/c1-4-10(18)15-7-8-16-11(19)5-6-17-13(21)12(20)14(2,3)9-25-26(22,23)24/h12,20H,4-9H2,1-3H3,(H,15,18)(H,16,19)(H,17,21)(H2,22,23,24)/t12-/m0/s1. The summed E-state index contributed by atoms with van der Waals surface area (Å²) in [5, 5.41) is 17.5. The van der Waals surface area contributed by atoms with Crippen molar-refractivity contribution in [1.82, 2.24) is 16.0 Å². The molecule has 0 fully saturated rings. The molecule has 0 unspecified atom stereocenters. The van der Waals surface area contributed by atoms with Crippen LogP contribution in [0.3, 0.4) is 0 Å². The lowest BCUT2D eigenvalue weighted by molar-refractivity contribution is -0.137. The second-order valence-electron chi connectivity index (χ2n) is 6.25. The molecule has 3 amide bonds. The predicted molar refractivity (Wildman–Crippen MR) is 91.7 cm³/mol. The molecular formula is C14H28N3O8P. The molecule has 0 aromatic carbocycles. The zero-order valence-electron chi connectivity index (χ0n) is 15.2. The van der Waals surface area contributed by atoms with Gasteiger partial charge in [0, 0.05) is 37.9 Å². The largest absolute Gasteiger partial charge is 0.469 e. The van der Waals surface area contributed by atoms with E-state index in [4.69, 9.17) is 9.79 Å². The number of rotatable bonds is 12. The summed E-state index contributed by atoms with van der Waals surface area (Å²) in [5.41, 5.74) is -1.25. The number of amides is 3. The minimum atomic E-state index is -4.71. The Bertz CT molecular complexity index is 534. The summed E-state index contributed by atoms with van der Waals surface area (Å²) in [6.07, 6.45) is -1.25. The van der Waals surface area contributed by atoms with Crippen LogP contribution < -0.4 is 16.0 Å². The van der Waals surface area contributed by atoms with Crippen molar-refractivity contribution in [1.29, 1.82) is 0 Å². The second-order valence-corrected chi connectivity index (χ2v) is 7.49. The number of hydrogen-bond acceptors (Lipinski definition) is 6. The molecule has 0 aliphatic rings. The van der Waals surface area contributed by atoms with E-state index in [1.165, 1.54) is 13.8 Å². The Morgan fingerprint density at radius 1 is 1.04 bits per heavy atom. The number of aliphatic hydroxyl groups is 1. The maximum absolute atomic E-state index is 11.9. The molecule has 12 heteroatoms. The summed E-state index contributed by atoms with van der Waals surface area (Å²) in [6.45, 7) is 4.53. The molecule has 0 aromatic rings. The molecule has 0 aromatic heterocycles. The minimum absolute atomic E-state index is 0.0282.